The van der Waals surface area contributed by atoms with Crippen molar-refractivity contribution in [2.24, 2.45) is 0 Å². The van der Waals surface area contributed by atoms with E-state index in [9.17, 15) is 14.0 Å². The van der Waals surface area contributed by atoms with E-state index in [4.69, 9.17) is 11.6 Å². The predicted octanol–water partition coefficient (Wildman–Crippen LogP) is 5.59. The van der Waals surface area contributed by atoms with Crippen LogP contribution in [0.4, 0.5) is 4.39 Å². The Bertz CT molecular complexity index is 923. The Kier molecular flexibility index (Phi) is 8.68. The van der Waals surface area contributed by atoms with E-state index in [1.807, 2.05) is 38.1 Å². The number of nitrogens with zero attached hydrogens (tertiary/aromatic N) is 1. The van der Waals surface area contributed by atoms with E-state index in [2.05, 4.69) is 5.32 Å². The minimum atomic E-state index is -0.630. The maximum Gasteiger partial charge on any atom is 0.243 e. The average molecular weight is 459 g/mol. The Hall–Kier alpha value is -2.40. The molecule has 0 saturated heterocycles. The normalized spacial score (nSPS) is 15.2. The van der Waals surface area contributed by atoms with Gasteiger partial charge in [-0.3, -0.25) is 9.59 Å². The van der Waals surface area contributed by atoms with E-state index in [-0.39, 0.29) is 41.4 Å². The Balaban J connectivity index is 1.86. The van der Waals surface area contributed by atoms with Crippen LogP contribution in [0.2, 0.25) is 5.02 Å². The summed E-state index contributed by atoms with van der Waals surface area (Å²) >= 11 is 6.18. The lowest BCUT2D eigenvalue weighted by Crippen LogP contribution is -2.52. The number of nitrogens with one attached hydrogen (secondary N) is 1. The molecule has 0 bridgehead atoms. The van der Waals surface area contributed by atoms with Gasteiger partial charge in [0.2, 0.25) is 11.8 Å². The lowest BCUT2D eigenvalue weighted by Gasteiger charge is -2.33. The first-order chi connectivity index (χ1) is 15.4. The molecule has 2 aromatic carbocycles. The number of rotatable bonds is 8. The van der Waals surface area contributed by atoms with Crippen molar-refractivity contribution >= 4 is 23.4 Å². The van der Waals surface area contributed by atoms with E-state index in [0.29, 0.717) is 6.42 Å². The second-order valence-electron chi connectivity index (χ2n) is 8.59. The summed E-state index contributed by atoms with van der Waals surface area (Å²) < 4.78 is 14.4. The molecule has 6 heteroatoms. The highest BCUT2D eigenvalue weighted by Crippen LogP contribution is 2.23. The SMILES string of the molecule is CCC(C(=O)NC1CCCCC1)N(Cc1ccccc1C)C(=O)Cc1c(F)cccc1Cl. The van der Waals surface area contributed by atoms with Crippen LogP contribution in [0.1, 0.15) is 62.1 Å². The van der Waals surface area contributed by atoms with Crippen LogP contribution in [0.3, 0.4) is 0 Å². The highest BCUT2D eigenvalue weighted by molar-refractivity contribution is 6.31. The molecule has 1 aliphatic carbocycles. The summed E-state index contributed by atoms with van der Waals surface area (Å²) in [5.74, 6) is -0.965. The van der Waals surface area contributed by atoms with Gasteiger partial charge in [0.15, 0.2) is 0 Å². The molecule has 2 amide bonds. The summed E-state index contributed by atoms with van der Waals surface area (Å²) in [5, 5.41) is 3.38. The van der Waals surface area contributed by atoms with Gasteiger partial charge >= 0.3 is 0 Å². The molecule has 172 valence electrons. The number of halogens is 2. The van der Waals surface area contributed by atoms with Crippen LogP contribution in [0.5, 0.6) is 0 Å². The van der Waals surface area contributed by atoms with E-state index in [0.717, 1.165) is 36.8 Å². The van der Waals surface area contributed by atoms with Crippen molar-refractivity contribution in [3.63, 3.8) is 0 Å². The molecule has 1 fully saturated rings. The zero-order valence-electron chi connectivity index (χ0n) is 18.9. The zero-order valence-corrected chi connectivity index (χ0v) is 19.6. The average Bonchev–Trinajstić information content (AvgIpc) is 2.78. The third-order valence-corrected chi connectivity index (χ3v) is 6.68. The van der Waals surface area contributed by atoms with Gasteiger partial charge in [0.05, 0.1) is 6.42 Å². The number of benzene rings is 2. The fourth-order valence-electron chi connectivity index (χ4n) is 4.39. The van der Waals surface area contributed by atoms with Crippen molar-refractivity contribution in [1.82, 2.24) is 10.2 Å². The quantitative estimate of drug-likeness (QED) is 0.560. The maximum absolute atomic E-state index is 14.4. The zero-order chi connectivity index (χ0) is 23.1. The van der Waals surface area contributed by atoms with Crippen molar-refractivity contribution in [1.29, 1.82) is 0 Å². The van der Waals surface area contributed by atoms with Crippen LogP contribution in [-0.4, -0.2) is 28.8 Å². The molecule has 0 heterocycles. The van der Waals surface area contributed by atoms with Crippen LogP contribution >= 0.6 is 11.6 Å². The Morgan fingerprint density at radius 1 is 1.12 bits per heavy atom. The molecule has 1 unspecified atom stereocenters. The number of carbonyl (C=O) groups is 2. The standard InChI is InChI=1S/C26H32ClFN2O2/c1-3-24(26(32)29-20-12-5-4-6-13-20)30(17-19-11-8-7-10-18(19)2)25(31)16-21-22(27)14-9-15-23(21)28/h7-11,14-15,20,24H,3-6,12-13,16-17H2,1-2H3,(H,29,32). The highest BCUT2D eigenvalue weighted by Gasteiger charge is 2.31. The first-order valence-electron chi connectivity index (χ1n) is 11.5. The molecule has 2 aromatic rings. The van der Waals surface area contributed by atoms with Gasteiger partial charge in [-0.2, -0.15) is 0 Å². The molecule has 0 spiro atoms. The molecule has 3 rings (SSSR count). The smallest absolute Gasteiger partial charge is 0.243 e. The molecule has 1 saturated carbocycles. The Morgan fingerprint density at radius 2 is 1.84 bits per heavy atom. The van der Waals surface area contributed by atoms with E-state index < -0.39 is 11.9 Å². The number of hydrogen-bond donors (Lipinski definition) is 1. The molecule has 1 N–H and O–H groups in total. The van der Waals surface area contributed by atoms with Gasteiger partial charge < -0.3 is 10.2 Å². The third-order valence-electron chi connectivity index (χ3n) is 6.33. The molecule has 0 aromatic heterocycles. The van der Waals surface area contributed by atoms with E-state index in [1.54, 1.807) is 11.0 Å². The van der Waals surface area contributed by atoms with Crippen molar-refractivity contribution in [2.45, 2.75) is 77.4 Å². The van der Waals surface area contributed by atoms with Gasteiger partial charge in [0, 0.05) is 23.2 Å². The van der Waals surface area contributed by atoms with Gasteiger partial charge in [-0.05, 0) is 49.4 Å². The fraction of sp³-hybridized carbons (Fsp3) is 0.462. The number of hydrogen-bond acceptors (Lipinski definition) is 2. The molecule has 1 aliphatic rings. The van der Waals surface area contributed by atoms with Crippen molar-refractivity contribution in [3.8, 4) is 0 Å². The summed E-state index contributed by atoms with van der Waals surface area (Å²) in [6.07, 6.45) is 5.65. The minimum Gasteiger partial charge on any atom is -0.352 e. The Morgan fingerprint density at radius 3 is 2.50 bits per heavy atom. The van der Waals surface area contributed by atoms with Crippen LogP contribution in [0.25, 0.3) is 0 Å². The van der Waals surface area contributed by atoms with Crippen LogP contribution in [0.15, 0.2) is 42.5 Å². The van der Waals surface area contributed by atoms with E-state index >= 15 is 0 Å². The Labute approximate surface area is 195 Å². The van der Waals surface area contributed by atoms with E-state index in [1.165, 1.54) is 18.6 Å². The lowest BCUT2D eigenvalue weighted by molar-refractivity contribution is -0.141. The van der Waals surface area contributed by atoms with Gasteiger partial charge in [-0.15, -0.1) is 0 Å². The summed E-state index contributed by atoms with van der Waals surface area (Å²) in [7, 11) is 0. The van der Waals surface area contributed by atoms with Gasteiger partial charge in [-0.25, -0.2) is 4.39 Å². The maximum atomic E-state index is 14.4. The molecule has 0 aliphatic heterocycles. The monoisotopic (exact) mass is 458 g/mol. The number of carbonyl (C=O) groups excluding carboxylic acids is 2. The number of amides is 2. The van der Waals surface area contributed by atoms with Crippen molar-refractivity contribution in [3.05, 3.63) is 70.0 Å². The summed E-state index contributed by atoms with van der Waals surface area (Å²) in [6, 6.07) is 11.7. The lowest BCUT2D eigenvalue weighted by atomic mass is 9.95. The fourth-order valence-corrected chi connectivity index (χ4v) is 4.62. The van der Waals surface area contributed by atoms with Crippen molar-refractivity contribution in [2.75, 3.05) is 0 Å². The summed E-state index contributed by atoms with van der Waals surface area (Å²) in [4.78, 5) is 28.3. The molecule has 0 radical (unpaired) electrons. The van der Waals surface area contributed by atoms with Crippen LogP contribution < -0.4 is 5.32 Å². The molecule has 32 heavy (non-hydrogen) atoms. The van der Waals surface area contributed by atoms with Gasteiger partial charge in [-0.1, -0.05) is 68.1 Å². The summed E-state index contributed by atoms with van der Waals surface area (Å²) in [6.45, 7) is 4.17. The highest BCUT2D eigenvalue weighted by atomic mass is 35.5. The van der Waals surface area contributed by atoms with Gasteiger partial charge in [0.25, 0.3) is 0 Å². The first-order valence-corrected chi connectivity index (χ1v) is 11.9. The summed E-state index contributed by atoms with van der Waals surface area (Å²) in [5.41, 5.74) is 2.16. The third kappa shape index (κ3) is 6.10. The molecule has 1 atom stereocenters. The largest absolute Gasteiger partial charge is 0.352 e. The minimum absolute atomic E-state index is 0.138. The second kappa shape index (κ2) is 11.5. The predicted molar refractivity (Wildman–Crippen MR) is 126 cm³/mol. The topological polar surface area (TPSA) is 49.4 Å². The van der Waals surface area contributed by atoms with Gasteiger partial charge in [0.1, 0.15) is 11.9 Å². The number of aryl methyl sites for hydroxylation is 1. The van der Waals surface area contributed by atoms with Crippen molar-refractivity contribution < 1.29 is 14.0 Å². The van der Waals surface area contributed by atoms with Crippen LogP contribution in [-0.2, 0) is 22.6 Å². The molecule has 4 nitrogen and oxygen atoms in total. The second-order valence-corrected chi connectivity index (χ2v) is 9.00. The molecular weight excluding hydrogens is 427 g/mol. The molecular formula is C26H32ClFN2O2. The van der Waals surface area contributed by atoms with Crippen LogP contribution in [0, 0.1) is 12.7 Å². The first kappa shape index (κ1) is 24.2.